The molecule has 0 radical (unpaired) electrons. The fourth-order valence-corrected chi connectivity index (χ4v) is 1.89. The van der Waals surface area contributed by atoms with Crippen LogP contribution >= 0.6 is 23.2 Å². The molecular weight excluding hydrogens is 245 g/mol. The van der Waals surface area contributed by atoms with Crippen molar-refractivity contribution in [3.8, 4) is 17.6 Å². The minimum absolute atomic E-state index is 0.315. The fourth-order valence-electron chi connectivity index (χ4n) is 1.30. The van der Waals surface area contributed by atoms with E-state index in [1.807, 2.05) is 6.07 Å². The van der Waals surface area contributed by atoms with Gasteiger partial charge in [-0.1, -0.05) is 29.1 Å². The number of hydrogen-bond acceptors (Lipinski definition) is 2. The Kier molecular flexibility index (Phi) is 5.48. The lowest BCUT2D eigenvalue weighted by Crippen LogP contribution is -2.06. The van der Waals surface area contributed by atoms with Gasteiger partial charge in [-0.2, -0.15) is 0 Å². The molecule has 4 heteroatoms. The van der Waals surface area contributed by atoms with Crippen LogP contribution in [0.2, 0.25) is 10.0 Å². The van der Waals surface area contributed by atoms with Gasteiger partial charge in [0.05, 0.1) is 5.02 Å². The van der Waals surface area contributed by atoms with Gasteiger partial charge in [0.25, 0.3) is 0 Å². The predicted octanol–water partition coefficient (Wildman–Crippen LogP) is 2.90. The number of halogens is 2. The largest absolute Gasteiger partial charge is 0.479 e. The van der Waals surface area contributed by atoms with Crippen molar-refractivity contribution in [2.24, 2.45) is 5.73 Å². The summed E-state index contributed by atoms with van der Waals surface area (Å²) in [6, 6.07) is 3.47. The molecule has 2 nitrogen and oxygen atoms in total. The summed E-state index contributed by atoms with van der Waals surface area (Å²) in [5.41, 5.74) is 6.43. The van der Waals surface area contributed by atoms with Gasteiger partial charge in [-0.25, -0.2) is 0 Å². The molecule has 1 rings (SSSR count). The molecule has 0 saturated carbocycles. The molecule has 0 heterocycles. The van der Waals surface area contributed by atoms with Crippen molar-refractivity contribution in [2.45, 2.75) is 13.3 Å². The summed E-state index contributed by atoms with van der Waals surface area (Å²) < 4.78 is 5.50. The average molecular weight is 258 g/mol. The summed E-state index contributed by atoms with van der Waals surface area (Å²) in [4.78, 5) is 0. The van der Waals surface area contributed by atoms with Crippen LogP contribution in [0.4, 0.5) is 0 Å². The maximum Gasteiger partial charge on any atom is 0.149 e. The Bertz CT molecular complexity index is 421. The summed E-state index contributed by atoms with van der Waals surface area (Å²) in [6.45, 7) is 2.59. The predicted molar refractivity (Wildman–Crippen MR) is 68.2 cm³/mol. The van der Waals surface area contributed by atoms with Crippen LogP contribution in [0.1, 0.15) is 12.5 Å². The number of hydrogen-bond donors (Lipinski definition) is 1. The van der Waals surface area contributed by atoms with Crippen molar-refractivity contribution in [1.29, 1.82) is 0 Å². The van der Waals surface area contributed by atoms with Crippen LogP contribution in [0.5, 0.6) is 5.75 Å². The van der Waals surface area contributed by atoms with Crippen LogP contribution in [-0.2, 0) is 6.42 Å². The second-order valence-corrected chi connectivity index (χ2v) is 3.97. The topological polar surface area (TPSA) is 35.2 Å². The van der Waals surface area contributed by atoms with Gasteiger partial charge in [0.2, 0.25) is 0 Å². The Morgan fingerprint density at radius 2 is 2.12 bits per heavy atom. The highest BCUT2D eigenvalue weighted by atomic mass is 35.5. The van der Waals surface area contributed by atoms with Crippen LogP contribution < -0.4 is 10.5 Å². The molecule has 0 unspecified atom stereocenters. The molecule has 0 saturated heterocycles. The molecule has 16 heavy (non-hydrogen) atoms. The number of benzene rings is 1. The molecule has 0 aliphatic rings. The van der Waals surface area contributed by atoms with Gasteiger partial charge in [0.15, 0.2) is 0 Å². The molecule has 86 valence electrons. The van der Waals surface area contributed by atoms with E-state index < -0.39 is 0 Å². The first kappa shape index (κ1) is 13.2. The van der Waals surface area contributed by atoms with Gasteiger partial charge < -0.3 is 10.5 Å². The van der Waals surface area contributed by atoms with E-state index in [1.54, 1.807) is 13.0 Å². The normalized spacial score (nSPS) is 9.50. The molecular formula is C12H13Cl2NO. The van der Waals surface area contributed by atoms with Crippen molar-refractivity contribution >= 4 is 23.2 Å². The van der Waals surface area contributed by atoms with Crippen molar-refractivity contribution in [2.75, 3.05) is 13.2 Å². The molecule has 2 N–H and O–H groups in total. The second kappa shape index (κ2) is 6.65. The summed E-state index contributed by atoms with van der Waals surface area (Å²) in [5.74, 6) is 6.19. The monoisotopic (exact) mass is 257 g/mol. The molecule has 0 aliphatic heterocycles. The third-order valence-electron chi connectivity index (χ3n) is 1.96. The lowest BCUT2D eigenvalue weighted by Gasteiger charge is -2.11. The Hall–Kier alpha value is -0.880. The number of nitrogens with two attached hydrogens (primary N) is 1. The van der Waals surface area contributed by atoms with Crippen LogP contribution in [0, 0.1) is 11.8 Å². The summed E-state index contributed by atoms with van der Waals surface area (Å²) in [5, 5.41) is 1.08. The van der Waals surface area contributed by atoms with Gasteiger partial charge in [-0.3, -0.25) is 0 Å². The van der Waals surface area contributed by atoms with Crippen molar-refractivity contribution in [1.82, 2.24) is 0 Å². The van der Waals surface area contributed by atoms with Gasteiger partial charge in [-0.05, 0) is 37.6 Å². The minimum atomic E-state index is 0.315. The van der Waals surface area contributed by atoms with E-state index >= 15 is 0 Å². The standard InChI is InChI=1S/C12H13Cl2NO/c1-2-3-6-16-12-9(4-5-15)7-10(13)8-11(12)14/h7-8H,4-6,15H2,1H3. The zero-order valence-electron chi connectivity index (χ0n) is 9.02. The van der Waals surface area contributed by atoms with Gasteiger partial charge >= 0.3 is 0 Å². The SMILES string of the molecule is CC#CCOc1c(Cl)cc(Cl)cc1CCN. The lowest BCUT2D eigenvalue weighted by atomic mass is 10.1. The highest BCUT2D eigenvalue weighted by Gasteiger charge is 2.09. The quantitative estimate of drug-likeness (QED) is 0.843. The third-order valence-corrected chi connectivity index (χ3v) is 2.46. The summed E-state index contributed by atoms with van der Waals surface area (Å²) >= 11 is 12.0. The van der Waals surface area contributed by atoms with E-state index in [4.69, 9.17) is 33.7 Å². The van der Waals surface area contributed by atoms with Crippen LogP contribution in [-0.4, -0.2) is 13.2 Å². The Morgan fingerprint density at radius 1 is 1.38 bits per heavy atom. The van der Waals surface area contributed by atoms with E-state index in [1.165, 1.54) is 0 Å². The average Bonchev–Trinajstić information content (AvgIpc) is 2.22. The highest BCUT2D eigenvalue weighted by molar-refractivity contribution is 6.35. The maximum absolute atomic E-state index is 6.05. The Morgan fingerprint density at radius 3 is 2.75 bits per heavy atom. The first-order valence-corrected chi connectivity index (χ1v) is 5.65. The second-order valence-electron chi connectivity index (χ2n) is 3.13. The third kappa shape index (κ3) is 3.61. The molecule has 1 aromatic rings. The fraction of sp³-hybridized carbons (Fsp3) is 0.333. The first-order valence-electron chi connectivity index (χ1n) is 4.89. The van der Waals surface area contributed by atoms with Crippen molar-refractivity contribution < 1.29 is 4.74 Å². The number of rotatable bonds is 4. The first-order chi connectivity index (χ1) is 7.69. The van der Waals surface area contributed by atoms with E-state index in [-0.39, 0.29) is 0 Å². The van der Waals surface area contributed by atoms with E-state index in [2.05, 4.69) is 11.8 Å². The molecule has 0 amide bonds. The van der Waals surface area contributed by atoms with Gasteiger partial charge in [-0.15, -0.1) is 5.92 Å². The van der Waals surface area contributed by atoms with Crippen molar-refractivity contribution in [3.05, 3.63) is 27.7 Å². The molecule has 1 aromatic carbocycles. The van der Waals surface area contributed by atoms with Gasteiger partial charge in [0.1, 0.15) is 12.4 Å². The molecule has 0 bridgehead atoms. The molecule has 0 aromatic heterocycles. The van der Waals surface area contributed by atoms with Crippen molar-refractivity contribution in [3.63, 3.8) is 0 Å². The maximum atomic E-state index is 6.05. The minimum Gasteiger partial charge on any atom is -0.479 e. The van der Waals surface area contributed by atoms with E-state index in [0.29, 0.717) is 35.4 Å². The van der Waals surface area contributed by atoms with E-state index in [9.17, 15) is 0 Å². The smallest absolute Gasteiger partial charge is 0.149 e. The van der Waals surface area contributed by atoms with Crippen LogP contribution in [0.3, 0.4) is 0 Å². The zero-order chi connectivity index (χ0) is 12.0. The Balaban J connectivity index is 2.96. The molecule has 0 fully saturated rings. The van der Waals surface area contributed by atoms with E-state index in [0.717, 1.165) is 5.56 Å². The molecule has 0 aliphatic carbocycles. The highest BCUT2D eigenvalue weighted by Crippen LogP contribution is 2.32. The summed E-state index contributed by atoms with van der Waals surface area (Å²) in [7, 11) is 0. The molecule has 0 atom stereocenters. The van der Waals surface area contributed by atoms with Crippen LogP contribution in [0.15, 0.2) is 12.1 Å². The van der Waals surface area contributed by atoms with Gasteiger partial charge in [0, 0.05) is 5.02 Å². The summed E-state index contributed by atoms with van der Waals surface area (Å²) in [6.07, 6.45) is 0.676. The number of ether oxygens (including phenoxy) is 1. The van der Waals surface area contributed by atoms with Crippen LogP contribution in [0.25, 0.3) is 0 Å². The zero-order valence-corrected chi connectivity index (χ0v) is 10.5. The lowest BCUT2D eigenvalue weighted by molar-refractivity contribution is 0.366. The Labute approximate surface area is 106 Å². The molecule has 0 spiro atoms.